The molecule has 1 N–H and O–H groups in total. The van der Waals surface area contributed by atoms with E-state index in [-0.39, 0.29) is 18.1 Å². The van der Waals surface area contributed by atoms with Gasteiger partial charge in [-0.3, -0.25) is 4.79 Å². The number of carbonyl (C=O) groups is 1. The number of nitrogens with one attached hydrogen (secondary N) is 1. The third-order valence-corrected chi connectivity index (χ3v) is 4.26. The highest BCUT2D eigenvalue weighted by molar-refractivity contribution is 6.05. The van der Waals surface area contributed by atoms with Crippen molar-refractivity contribution in [1.29, 1.82) is 0 Å². The Morgan fingerprint density at radius 1 is 1.19 bits per heavy atom. The Morgan fingerprint density at radius 3 is 2.85 bits per heavy atom. The zero-order valence-electron chi connectivity index (χ0n) is 14.4. The SMILES string of the molecule is O=C(Nc1ccnn1Cc1ccccc1)[C@H]1CC(c2cccc(F)c2)=NO1. The van der Waals surface area contributed by atoms with E-state index in [1.54, 1.807) is 29.1 Å². The number of benzene rings is 2. The minimum absolute atomic E-state index is 0.280. The first-order valence-electron chi connectivity index (χ1n) is 8.54. The average molecular weight is 364 g/mol. The fourth-order valence-corrected chi connectivity index (χ4v) is 2.88. The summed E-state index contributed by atoms with van der Waals surface area (Å²) in [4.78, 5) is 17.8. The average Bonchev–Trinajstić information content (AvgIpc) is 3.33. The number of amides is 1. The highest BCUT2D eigenvalue weighted by Gasteiger charge is 2.29. The van der Waals surface area contributed by atoms with Crippen molar-refractivity contribution in [2.45, 2.75) is 19.1 Å². The van der Waals surface area contributed by atoms with Crippen LogP contribution in [0.25, 0.3) is 0 Å². The molecule has 0 radical (unpaired) electrons. The molecule has 3 aromatic rings. The summed E-state index contributed by atoms with van der Waals surface area (Å²) in [5.41, 5.74) is 2.23. The molecule has 0 spiro atoms. The summed E-state index contributed by atoms with van der Waals surface area (Å²) in [5, 5.41) is 11.0. The van der Waals surface area contributed by atoms with E-state index in [0.29, 0.717) is 23.6 Å². The predicted octanol–water partition coefficient (Wildman–Crippen LogP) is 3.20. The normalized spacial score (nSPS) is 15.9. The molecule has 1 aromatic heterocycles. The number of hydrogen-bond acceptors (Lipinski definition) is 4. The Balaban J connectivity index is 1.40. The lowest BCUT2D eigenvalue weighted by molar-refractivity contribution is -0.125. The van der Waals surface area contributed by atoms with Crippen LogP contribution in [-0.2, 0) is 16.2 Å². The van der Waals surface area contributed by atoms with Crippen LogP contribution >= 0.6 is 0 Å². The smallest absolute Gasteiger partial charge is 0.269 e. The van der Waals surface area contributed by atoms with E-state index < -0.39 is 6.10 Å². The van der Waals surface area contributed by atoms with Crippen molar-refractivity contribution < 1.29 is 14.0 Å². The molecule has 1 atom stereocenters. The van der Waals surface area contributed by atoms with Gasteiger partial charge in [-0.2, -0.15) is 5.10 Å². The number of rotatable bonds is 5. The maximum atomic E-state index is 13.4. The van der Waals surface area contributed by atoms with Crippen LogP contribution < -0.4 is 5.32 Å². The summed E-state index contributed by atoms with van der Waals surface area (Å²) in [7, 11) is 0. The third-order valence-electron chi connectivity index (χ3n) is 4.26. The highest BCUT2D eigenvalue weighted by atomic mass is 19.1. The standard InChI is InChI=1S/C20H17FN4O2/c21-16-8-4-7-15(11-16)17-12-18(27-24-17)20(26)23-19-9-10-22-25(19)13-14-5-2-1-3-6-14/h1-11,18H,12-13H2,(H,23,26)/t18-/m1/s1. The monoisotopic (exact) mass is 364 g/mol. The molecule has 1 aliphatic heterocycles. The van der Waals surface area contributed by atoms with Crippen molar-refractivity contribution in [3.8, 4) is 0 Å². The molecule has 0 saturated heterocycles. The largest absolute Gasteiger partial charge is 0.382 e. The molecule has 2 heterocycles. The molecule has 0 unspecified atom stereocenters. The second kappa shape index (κ2) is 7.41. The molecule has 4 rings (SSSR count). The van der Waals surface area contributed by atoms with E-state index in [9.17, 15) is 9.18 Å². The van der Waals surface area contributed by atoms with E-state index in [2.05, 4.69) is 15.6 Å². The van der Waals surface area contributed by atoms with Crippen molar-refractivity contribution in [2.24, 2.45) is 5.16 Å². The van der Waals surface area contributed by atoms with Gasteiger partial charge in [0.1, 0.15) is 11.6 Å². The van der Waals surface area contributed by atoms with Crippen molar-refractivity contribution in [1.82, 2.24) is 9.78 Å². The van der Waals surface area contributed by atoms with Gasteiger partial charge in [0.2, 0.25) is 6.10 Å². The summed E-state index contributed by atoms with van der Waals surface area (Å²) in [6.45, 7) is 0.542. The quantitative estimate of drug-likeness (QED) is 0.756. The summed E-state index contributed by atoms with van der Waals surface area (Å²) >= 11 is 0. The Bertz CT molecular complexity index is 984. The molecule has 0 aliphatic carbocycles. The van der Waals surface area contributed by atoms with Crippen LogP contribution in [0.3, 0.4) is 0 Å². The van der Waals surface area contributed by atoms with Crippen molar-refractivity contribution in [2.75, 3.05) is 5.32 Å². The fourth-order valence-electron chi connectivity index (χ4n) is 2.88. The van der Waals surface area contributed by atoms with Crippen molar-refractivity contribution in [3.63, 3.8) is 0 Å². The molecule has 6 nitrogen and oxygen atoms in total. The number of aromatic nitrogens is 2. The Labute approximate surface area is 155 Å². The van der Waals surface area contributed by atoms with Gasteiger partial charge >= 0.3 is 0 Å². The first-order chi connectivity index (χ1) is 13.2. The molecule has 0 bridgehead atoms. The molecule has 2 aromatic carbocycles. The zero-order chi connectivity index (χ0) is 18.6. The number of carbonyl (C=O) groups excluding carboxylic acids is 1. The van der Waals surface area contributed by atoms with Crippen LogP contribution in [0, 0.1) is 5.82 Å². The minimum atomic E-state index is -0.761. The lowest BCUT2D eigenvalue weighted by Crippen LogP contribution is -2.29. The van der Waals surface area contributed by atoms with Gasteiger partial charge in [0.25, 0.3) is 5.91 Å². The summed E-state index contributed by atoms with van der Waals surface area (Å²) in [5.74, 6) is -0.0976. The maximum absolute atomic E-state index is 13.4. The fraction of sp³-hybridized carbons (Fsp3) is 0.150. The number of oxime groups is 1. The van der Waals surface area contributed by atoms with Crippen LogP contribution in [0.1, 0.15) is 17.5 Å². The van der Waals surface area contributed by atoms with Gasteiger partial charge in [-0.05, 0) is 17.7 Å². The van der Waals surface area contributed by atoms with Crippen LogP contribution in [0.5, 0.6) is 0 Å². The predicted molar refractivity (Wildman–Crippen MR) is 98.8 cm³/mol. The number of halogens is 1. The van der Waals surface area contributed by atoms with E-state index >= 15 is 0 Å². The van der Waals surface area contributed by atoms with E-state index in [1.807, 2.05) is 30.3 Å². The summed E-state index contributed by atoms with van der Waals surface area (Å²) in [6, 6.07) is 17.6. The van der Waals surface area contributed by atoms with Gasteiger partial charge in [0, 0.05) is 18.1 Å². The van der Waals surface area contributed by atoms with E-state index in [1.165, 1.54) is 12.1 Å². The summed E-state index contributed by atoms with van der Waals surface area (Å²) in [6.07, 6.45) is 1.15. The number of anilines is 1. The Kier molecular flexibility index (Phi) is 4.65. The van der Waals surface area contributed by atoms with Crippen LogP contribution in [0.4, 0.5) is 10.2 Å². The van der Waals surface area contributed by atoms with Crippen molar-refractivity contribution in [3.05, 3.63) is 83.8 Å². The molecule has 7 heteroatoms. The van der Waals surface area contributed by atoms with Gasteiger partial charge in [-0.1, -0.05) is 47.6 Å². The van der Waals surface area contributed by atoms with Crippen LogP contribution in [0.15, 0.2) is 72.0 Å². The van der Waals surface area contributed by atoms with Crippen molar-refractivity contribution >= 4 is 17.4 Å². The molecule has 0 saturated carbocycles. The molecular weight excluding hydrogens is 347 g/mol. The van der Waals surface area contributed by atoms with Crippen LogP contribution in [-0.4, -0.2) is 27.5 Å². The Hall–Kier alpha value is -3.48. The zero-order valence-corrected chi connectivity index (χ0v) is 14.4. The Morgan fingerprint density at radius 2 is 2.04 bits per heavy atom. The molecular formula is C20H17FN4O2. The van der Waals surface area contributed by atoms with Gasteiger partial charge in [0.05, 0.1) is 18.5 Å². The molecule has 27 heavy (non-hydrogen) atoms. The second-order valence-corrected chi connectivity index (χ2v) is 6.20. The second-order valence-electron chi connectivity index (χ2n) is 6.20. The topological polar surface area (TPSA) is 68.5 Å². The van der Waals surface area contributed by atoms with Gasteiger partial charge in [-0.15, -0.1) is 0 Å². The number of hydrogen-bond donors (Lipinski definition) is 1. The lowest BCUT2D eigenvalue weighted by atomic mass is 10.0. The first kappa shape index (κ1) is 17.0. The van der Waals surface area contributed by atoms with Gasteiger partial charge < -0.3 is 10.2 Å². The van der Waals surface area contributed by atoms with E-state index in [0.717, 1.165) is 5.56 Å². The van der Waals surface area contributed by atoms with E-state index in [4.69, 9.17) is 4.84 Å². The first-order valence-corrected chi connectivity index (χ1v) is 8.54. The van der Waals surface area contributed by atoms with Gasteiger partial charge in [0.15, 0.2) is 0 Å². The maximum Gasteiger partial charge on any atom is 0.269 e. The minimum Gasteiger partial charge on any atom is -0.382 e. The van der Waals surface area contributed by atoms with Gasteiger partial charge in [-0.25, -0.2) is 9.07 Å². The summed E-state index contributed by atoms with van der Waals surface area (Å²) < 4.78 is 15.1. The highest BCUT2D eigenvalue weighted by Crippen LogP contribution is 2.19. The molecule has 0 fully saturated rings. The third kappa shape index (κ3) is 3.87. The lowest BCUT2D eigenvalue weighted by Gasteiger charge is -2.11. The molecule has 1 amide bonds. The molecule has 1 aliphatic rings. The number of nitrogens with zero attached hydrogens (tertiary/aromatic N) is 3. The van der Waals surface area contributed by atoms with Crippen LogP contribution in [0.2, 0.25) is 0 Å². The molecule has 136 valence electrons.